The minimum absolute atomic E-state index is 0.658. The smallest absolute Gasteiger partial charge is 0.177 e. The van der Waals surface area contributed by atoms with E-state index in [2.05, 4.69) is 4.98 Å². The van der Waals surface area contributed by atoms with Crippen molar-refractivity contribution in [2.45, 2.75) is 13.5 Å². The Hall–Kier alpha value is -0.420. The summed E-state index contributed by atoms with van der Waals surface area (Å²) in [6.07, 6.45) is 3.64. The molecule has 0 amide bonds. The van der Waals surface area contributed by atoms with Crippen LogP contribution in [0.4, 0.5) is 0 Å². The minimum atomic E-state index is -0.746. The molecule has 68 valence electrons. The van der Waals surface area contributed by atoms with Crippen molar-refractivity contribution in [3.63, 3.8) is 0 Å². The highest BCUT2D eigenvalue weighted by Crippen LogP contribution is 1.97. The highest BCUT2D eigenvalue weighted by Gasteiger charge is 1.97. The number of aromatic amines is 1. The second-order valence-corrected chi connectivity index (χ2v) is 4.65. The molecule has 1 aromatic heterocycles. The topological polar surface area (TPSA) is 37.8 Å². The molecule has 1 aromatic rings. The first kappa shape index (κ1) is 9.67. The summed E-state index contributed by atoms with van der Waals surface area (Å²) < 4.78 is 13.4. The van der Waals surface area contributed by atoms with Gasteiger partial charge < -0.3 is 9.55 Å². The lowest BCUT2D eigenvalue weighted by Crippen LogP contribution is -2.05. The van der Waals surface area contributed by atoms with E-state index in [0.29, 0.717) is 10.5 Å². The maximum absolute atomic E-state index is 10.8. The van der Waals surface area contributed by atoms with Crippen LogP contribution in [-0.4, -0.2) is 25.8 Å². The van der Waals surface area contributed by atoms with E-state index in [1.807, 2.05) is 17.7 Å². The number of rotatable bonds is 3. The third kappa shape index (κ3) is 2.57. The average molecular weight is 204 g/mol. The van der Waals surface area contributed by atoms with Gasteiger partial charge in [0.05, 0.1) is 0 Å². The van der Waals surface area contributed by atoms with Crippen molar-refractivity contribution in [1.82, 2.24) is 9.55 Å². The van der Waals surface area contributed by atoms with Crippen LogP contribution >= 0.6 is 12.2 Å². The molecule has 0 spiro atoms. The fourth-order valence-electron chi connectivity index (χ4n) is 0.958. The highest BCUT2D eigenvalue weighted by atomic mass is 32.2. The van der Waals surface area contributed by atoms with Crippen molar-refractivity contribution in [1.29, 1.82) is 0 Å². The molecule has 1 rings (SSSR count). The summed E-state index contributed by atoms with van der Waals surface area (Å²) in [5, 5.41) is 0. The van der Waals surface area contributed by atoms with E-state index in [4.69, 9.17) is 12.2 Å². The summed E-state index contributed by atoms with van der Waals surface area (Å²) in [6, 6.07) is 0. The Kier molecular flexibility index (Phi) is 3.22. The van der Waals surface area contributed by atoms with E-state index in [-0.39, 0.29) is 0 Å². The van der Waals surface area contributed by atoms with Crippen LogP contribution in [-0.2, 0) is 17.3 Å². The number of hydrogen-bond donors (Lipinski definition) is 1. The summed E-state index contributed by atoms with van der Waals surface area (Å²) in [4.78, 5) is 3.01. The molecule has 0 saturated heterocycles. The van der Waals surface area contributed by atoms with E-state index in [1.165, 1.54) is 0 Å². The minimum Gasteiger partial charge on any atom is -0.335 e. The molecule has 1 unspecified atom stereocenters. The molecule has 0 bridgehead atoms. The molecule has 1 heterocycles. The quantitative estimate of drug-likeness (QED) is 0.752. The van der Waals surface area contributed by atoms with Gasteiger partial charge in [0.2, 0.25) is 0 Å². The number of H-pyrrole nitrogens is 1. The van der Waals surface area contributed by atoms with Crippen molar-refractivity contribution in [3.8, 4) is 0 Å². The Morgan fingerprint density at radius 2 is 2.42 bits per heavy atom. The normalized spacial score (nSPS) is 13.2. The summed E-state index contributed by atoms with van der Waals surface area (Å²) in [5.74, 6) is 0.658. The second kappa shape index (κ2) is 4.00. The number of nitrogens with one attached hydrogen (secondary N) is 1. The van der Waals surface area contributed by atoms with Gasteiger partial charge >= 0.3 is 0 Å². The molecule has 0 fully saturated rings. The third-order valence-corrected chi connectivity index (χ3v) is 2.63. The van der Waals surface area contributed by atoms with Crippen molar-refractivity contribution >= 4 is 23.0 Å². The molecule has 5 heteroatoms. The number of aromatic nitrogens is 2. The van der Waals surface area contributed by atoms with Crippen LogP contribution in [0.2, 0.25) is 0 Å². The number of hydrogen-bond acceptors (Lipinski definition) is 2. The second-order valence-electron chi connectivity index (χ2n) is 2.71. The van der Waals surface area contributed by atoms with Crippen molar-refractivity contribution in [3.05, 3.63) is 16.7 Å². The molecular formula is C7H12N2OS2. The van der Waals surface area contributed by atoms with Gasteiger partial charge in [0.25, 0.3) is 0 Å². The maximum atomic E-state index is 10.8. The van der Waals surface area contributed by atoms with Gasteiger partial charge in [0.1, 0.15) is 0 Å². The fourth-order valence-corrected chi connectivity index (χ4v) is 1.72. The Morgan fingerprint density at radius 1 is 1.75 bits per heavy atom. The SMILES string of the molecule is Cc1cn(CCS(C)=O)c(=S)[nH]1. The summed E-state index contributed by atoms with van der Waals surface area (Å²) in [5.41, 5.74) is 1.04. The Balaban J connectivity index is 2.69. The van der Waals surface area contributed by atoms with Gasteiger partial charge in [-0.1, -0.05) is 0 Å². The lowest BCUT2D eigenvalue weighted by molar-refractivity contribution is 0.676. The first-order valence-electron chi connectivity index (χ1n) is 3.65. The lowest BCUT2D eigenvalue weighted by atomic mass is 10.6. The largest absolute Gasteiger partial charge is 0.335 e. The zero-order valence-corrected chi connectivity index (χ0v) is 8.80. The van der Waals surface area contributed by atoms with Gasteiger partial charge in [-0.15, -0.1) is 0 Å². The molecule has 1 atom stereocenters. The Bertz CT molecular complexity index is 339. The van der Waals surface area contributed by atoms with Crippen LogP contribution in [0.25, 0.3) is 0 Å². The van der Waals surface area contributed by atoms with E-state index in [0.717, 1.165) is 12.2 Å². The molecule has 0 aliphatic carbocycles. The van der Waals surface area contributed by atoms with Gasteiger partial charge in [-0.25, -0.2) is 0 Å². The first-order chi connectivity index (χ1) is 5.59. The van der Waals surface area contributed by atoms with Crippen LogP contribution in [0, 0.1) is 11.7 Å². The number of imidazole rings is 1. The predicted octanol–water partition coefficient (Wildman–Crippen LogP) is 1.23. The van der Waals surface area contributed by atoms with Crippen LogP contribution in [0.1, 0.15) is 5.69 Å². The van der Waals surface area contributed by atoms with Gasteiger partial charge in [-0.3, -0.25) is 4.21 Å². The van der Waals surface area contributed by atoms with Crippen LogP contribution in [0.3, 0.4) is 0 Å². The molecule has 0 aromatic carbocycles. The van der Waals surface area contributed by atoms with Crippen molar-refractivity contribution < 1.29 is 4.21 Å². The highest BCUT2D eigenvalue weighted by molar-refractivity contribution is 7.84. The molecule has 0 radical (unpaired) electrons. The fraction of sp³-hybridized carbons (Fsp3) is 0.571. The molecule has 1 N–H and O–H groups in total. The monoisotopic (exact) mass is 204 g/mol. The summed E-state index contributed by atoms with van der Waals surface area (Å²) in [6.45, 7) is 2.68. The average Bonchev–Trinajstić information content (AvgIpc) is 2.26. The van der Waals surface area contributed by atoms with E-state index < -0.39 is 10.8 Å². The predicted molar refractivity (Wildman–Crippen MR) is 53.3 cm³/mol. The number of nitrogens with zero attached hydrogens (tertiary/aromatic N) is 1. The summed E-state index contributed by atoms with van der Waals surface area (Å²) in [7, 11) is -0.746. The van der Waals surface area contributed by atoms with Crippen molar-refractivity contribution in [2.75, 3.05) is 12.0 Å². The van der Waals surface area contributed by atoms with Gasteiger partial charge in [0, 0.05) is 41.2 Å². The first-order valence-corrected chi connectivity index (χ1v) is 5.79. The lowest BCUT2D eigenvalue weighted by Gasteiger charge is -1.98. The van der Waals surface area contributed by atoms with Crippen LogP contribution < -0.4 is 0 Å². The Morgan fingerprint density at radius 3 is 2.83 bits per heavy atom. The van der Waals surface area contributed by atoms with Crippen LogP contribution in [0.5, 0.6) is 0 Å². The molecule has 0 aliphatic heterocycles. The van der Waals surface area contributed by atoms with E-state index in [9.17, 15) is 4.21 Å². The van der Waals surface area contributed by atoms with E-state index >= 15 is 0 Å². The van der Waals surface area contributed by atoms with Gasteiger partial charge in [-0.05, 0) is 19.1 Å². The molecule has 12 heavy (non-hydrogen) atoms. The molecule has 0 aliphatic rings. The number of aryl methyl sites for hydroxylation is 2. The third-order valence-electron chi connectivity index (χ3n) is 1.53. The van der Waals surface area contributed by atoms with Gasteiger partial charge in [-0.2, -0.15) is 0 Å². The standard InChI is InChI=1S/C7H12N2OS2/c1-6-5-9(7(11)8-6)3-4-12(2)10/h5H,3-4H2,1-2H3,(H,8,11). The zero-order valence-electron chi connectivity index (χ0n) is 7.16. The van der Waals surface area contributed by atoms with Crippen molar-refractivity contribution in [2.24, 2.45) is 0 Å². The van der Waals surface area contributed by atoms with Gasteiger partial charge in [0.15, 0.2) is 4.77 Å². The zero-order chi connectivity index (χ0) is 9.14. The molecule has 3 nitrogen and oxygen atoms in total. The molecule has 0 saturated carbocycles. The Labute approximate surface area is 79.3 Å². The summed E-state index contributed by atoms with van der Waals surface area (Å²) >= 11 is 5.03. The van der Waals surface area contributed by atoms with E-state index in [1.54, 1.807) is 6.26 Å². The maximum Gasteiger partial charge on any atom is 0.177 e. The molecular weight excluding hydrogens is 192 g/mol. The van der Waals surface area contributed by atoms with Crippen LogP contribution in [0.15, 0.2) is 6.20 Å².